The molecule has 1 N–H and O–H groups in total. The Balaban J connectivity index is 1.79. The van der Waals surface area contributed by atoms with E-state index in [1.165, 1.54) is 31.4 Å². The molecule has 1 saturated heterocycles. The summed E-state index contributed by atoms with van der Waals surface area (Å²) in [6.45, 7) is 3.11. The van der Waals surface area contributed by atoms with Crippen molar-refractivity contribution in [1.29, 1.82) is 0 Å². The highest BCUT2D eigenvalue weighted by Gasteiger charge is 2.11. The number of hydrogen-bond acceptors (Lipinski definition) is 4. The molecule has 0 saturated carbocycles. The summed E-state index contributed by atoms with van der Waals surface area (Å²) in [6, 6.07) is 4.58. The van der Waals surface area contributed by atoms with Gasteiger partial charge in [-0.3, -0.25) is 4.79 Å². The van der Waals surface area contributed by atoms with Crippen molar-refractivity contribution in [3.63, 3.8) is 0 Å². The van der Waals surface area contributed by atoms with Crippen LogP contribution in [0.15, 0.2) is 24.3 Å². The first-order chi connectivity index (χ1) is 13.1. The molecule has 27 heavy (non-hydrogen) atoms. The van der Waals surface area contributed by atoms with Crippen LogP contribution >= 0.6 is 0 Å². The molecule has 1 aromatic carbocycles. The largest absolute Gasteiger partial charge is 0.490 e. The van der Waals surface area contributed by atoms with Crippen molar-refractivity contribution in [1.82, 2.24) is 10.2 Å². The Morgan fingerprint density at radius 3 is 2.74 bits per heavy atom. The number of alkyl halides is 2. The lowest BCUT2D eigenvalue weighted by atomic mass is 10.1. The van der Waals surface area contributed by atoms with Gasteiger partial charge in [0.1, 0.15) is 0 Å². The maximum atomic E-state index is 12.4. The highest BCUT2D eigenvalue weighted by atomic mass is 19.3. The summed E-state index contributed by atoms with van der Waals surface area (Å²) >= 11 is 0. The van der Waals surface area contributed by atoms with Crippen LogP contribution in [0.25, 0.3) is 6.08 Å². The number of nitrogens with zero attached hydrogens (tertiary/aromatic N) is 1. The van der Waals surface area contributed by atoms with Crippen molar-refractivity contribution in [2.45, 2.75) is 39.2 Å². The second kappa shape index (κ2) is 11.5. The topological polar surface area (TPSA) is 50.8 Å². The number of carbonyl (C=O) groups excluding carboxylic acids is 1. The van der Waals surface area contributed by atoms with Gasteiger partial charge in [0.25, 0.3) is 0 Å². The lowest BCUT2D eigenvalue weighted by Gasteiger charge is -2.26. The molecule has 0 radical (unpaired) electrons. The van der Waals surface area contributed by atoms with Crippen molar-refractivity contribution in [2.24, 2.45) is 0 Å². The molecule has 1 fully saturated rings. The fourth-order valence-electron chi connectivity index (χ4n) is 3.02. The fraction of sp³-hybridized carbons (Fsp3) is 0.550. The lowest BCUT2D eigenvalue weighted by Crippen LogP contribution is -2.33. The average molecular weight is 382 g/mol. The quantitative estimate of drug-likeness (QED) is 0.495. The van der Waals surface area contributed by atoms with Gasteiger partial charge in [-0.2, -0.15) is 8.78 Å². The van der Waals surface area contributed by atoms with Gasteiger partial charge in [0.2, 0.25) is 5.91 Å². The van der Waals surface area contributed by atoms with Crippen LogP contribution in [0, 0.1) is 0 Å². The predicted octanol–water partition coefficient (Wildman–Crippen LogP) is 3.69. The van der Waals surface area contributed by atoms with E-state index >= 15 is 0 Å². The van der Waals surface area contributed by atoms with E-state index in [-0.39, 0.29) is 17.4 Å². The van der Waals surface area contributed by atoms with Crippen LogP contribution in [0.4, 0.5) is 8.78 Å². The van der Waals surface area contributed by atoms with Crippen molar-refractivity contribution in [3.8, 4) is 11.5 Å². The van der Waals surface area contributed by atoms with Crippen LogP contribution in [-0.4, -0.2) is 50.2 Å². The predicted molar refractivity (Wildman–Crippen MR) is 101 cm³/mol. The maximum absolute atomic E-state index is 12.4. The molecule has 150 valence electrons. The fourth-order valence-corrected chi connectivity index (χ4v) is 3.02. The number of piperidine rings is 1. The Bertz CT molecular complexity index is 617. The Morgan fingerprint density at radius 1 is 1.26 bits per heavy atom. The normalized spacial score (nSPS) is 15.3. The van der Waals surface area contributed by atoms with Crippen LogP contribution in [0.3, 0.4) is 0 Å². The summed E-state index contributed by atoms with van der Waals surface area (Å²) in [4.78, 5) is 14.4. The van der Waals surface area contributed by atoms with Crippen LogP contribution in [0.5, 0.6) is 11.5 Å². The van der Waals surface area contributed by atoms with Gasteiger partial charge in [-0.15, -0.1) is 0 Å². The Labute approximate surface area is 159 Å². The van der Waals surface area contributed by atoms with Gasteiger partial charge in [-0.05, 0) is 69.6 Å². The summed E-state index contributed by atoms with van der Waals surface area (Å²) < 4.78 is 34.6. The maximum Gasteiger partial charge on any atom is 0.387 e. The van der Waals surface area contributed by atoms with E-state index in [0.29, 0.717) is 18.7 Å². The zero-order valence-corrected chi connectivity index (χ0v) is 15.8. The minimum atomic E-state index is -2.92. The Hall–Kier alpha value is -2.15. The number of ether oxygens (including phenoxy) is 2. The zero-order valence-electron chi connectivity index (χ0n) is 15.8. The number of benzene rings is 1. The SMILES string of the molecule is CCOc1cc(/C=C/C(=O)NCCCN2CCCCC2)ccc1OC(F)F. The molecule has 1 aliphatic heterocycles. The van der Waals surface area contributed by atoms with Gasteiger partial charge < -0.3 is 19.7 Å². The number of nitrogens with one attached hydrogen (secondary N) is 1. The van der Waals surface area contributed by atoms with Crippen LogP contribution < -0.4 is 14.8 Å². The van der Waals surface area contributed by atoms with Crippen LogP contribution in [0.2, 0.25) is 0 Å². The lowest BCUT2D eigenvalue weighted by molar-refractivity contribution is -0.116. The number of likely N-dealkylation sites (tertiary alicyclic amines) is 1. The van der Waals surface area contributed by atoms with Gasteiger partial charge in [0, 0.05) is 12.6 Å². The molecule has 1 aliphatic rings. The third-order valence-electron chi connectivity index (χ3n) is 4.31. The minimum Gasteiger partial charge on any atom is -0.490 e. The molecule has 7 heteroatoms. The molecule has 0 aromatic heterocycles. The van der Waals surface area contributed by atoms with Crippen molar-refractivity contribution in [3.05, 3.63) is 29.8 Å². The summed E-state index contributed by atoms with van der Waals surface area (Å²) in [7, 11) is 0. The van der Waals surface area contributed by atoms with Gasteiger partial charge in [-0.25, -0.2) is 0 Å². The molecular weight excluding hydrogens is 354 g/mol. The second-order valence-corrected chi connectivity index (χ2v) is 6.40. The number of rotatable bonds is 10. The van der Waals surface area contributed by atoms with E-state index in [1.54, 1.807) is 25.1 Å². The smallest absolute Gasteiger partial charge is 0.387 e. The second-order valence-electron chi connectivity index (χ2n) is 6.40. The molecule has 1 aromatic rings. The van der Waals surface area contributed by atoms with Crippen LogP contribution in [-0.2, 0) is 4.79 Å². The molecule has 0 unspecified atom stereocenters. The van der Waals surface area contributed by atoms with Crippen LogP contribution in [0.1, 0.15) is 38.2 Å². The first kappa shape index (κ1) is 21.2. The molecule has 0 spiro atoms. The number of carbonyl (C=O) groups is 1. The molecule has 1 heterocycles. The zero-order chi connectivity index (χ0) is 19.5. The van der Waals surface area contributed by atoms with E-state index < -0.39 is 6.61 Å². The van der Waals surface area contributed by atoms with E-state index in [2.05, 4.69) is 15.0 Å². The summed E-state index contributed by atoms with van der Waals surface area (Å²) in [5.41, 5.74) is 0.670. The van der Waals surface area contributed by atoms with E-state index in [1.807, 2.05) is 0 Å². The van der Waals surface area contributed by atoms with E-state index in [4.69, 9.17) is 4.74 Å². The highest BCUT2D eigenvalue weighted by Crippen LogP contribution is 2.30. The third kappa shape index (κ3) is 7.95. The van der Waals surface area contributed by atoms with Crippen molar-refractivity contribution >= 4 is 12.0 Å². The van der Waals surface area contributed by atoms with E-state index in [0.717, 1.165) is 26.1 Å². The number of amides is 1. The summed E-state index contributed by atoms with van der Waals surface area (Å²) in [5, 5.41) is 2.86. The van der Waals surface area contributed by atoms with Gasteiger partial charge >= 0.3 is 6.61 Å². The van der Waals surface area contributed by atoms with Crippen molar-refractivity contribution < 1.29 is 23.0 Å². The van der Waals surface area contributed by atoms with Gasteiger partial charge in [-0.1, -0.05) is 12.5 Å². The Kier molecular flexibility index (Phi) is 9.04. The summed E-state index contributed by atoms with van der Waals surface area (Å²) in [6.07, 6.45) is 7.82. The van der Waals surface area contributed by atoms with E-state index in [9.17, 15) is 13.6 Å². The molecule has 2 rings (SSSR count). The molecule has 5 nitrogen and oxygen atoms in total. The monoisotopic (exact) mass is 382 g/mol. The standard InChI is InChI=1S/C20H28F2N2O3/c1-2-26-18-15-16(7-9-17(18)27-20(21)22)8-10-19(25)23-11-6-14-24-12-4-3-5-13-24/h7-10,15,20H,2-6,11-14H2,1H3,(H,23,25)/b10-8+. The number of hydrogen-bond donors (Lipinski definition) is 1. The molecule has 0 bridgehead atoms. The molecule has 0 atom stereocenters. The van der Waals surface area contributed by atoms with Crippen molar-refractivity contribution in [2.75, 3.05) is 32.8 Å². The Morgan fingerprint density at radius 2 is 2.04 bits per heavy atom. The highest BCUT2D eigenvalue weighted by molar-refractivity contribution is 5.91. The van der Waals surface area contributed by atoms with Gasteiger partial charge in [0.15, 0.2) is 11.5 Å². The minimum absolute atomic E-state index is 0.0221. The molecule has 0 aliphatic carbocycles. The van der Waals surface area contributed by atoms with Gasteiger partial charge in [0.05, 0.1) is 6.61 Å². The third-order valence-corrected chi connectivity index (χ3v) is 4.31. The first-order valence-electron chi connectivity index (χ1n) is 9.48. The average Bonchev–Trinajstić information content (AvgIpc) is 2.66. The molecule has 1 amide bonds. The number of halogens is 2. The summed E-state index contributed by atoms with van der Waals surface area (Å²) in [5.74, 6) is 0.0209. The molecular formula is C20H28F2N2O3. The first-order valence-corrected chi connectivity index (χ1v) is 9.48.